The van der Waals surface area contributed by atoms with Crippen LogP contribution >= 0.6 is 0 Å². The number of nitrogens with two attached hydrogens (primary N) is 1. The van der Waals surface area contributed by atoms with E-state index in [2.05, 4.69) is 41.2 Å². The minimum absolute atomic E-state index is 0.132. The van der Waals surface area contributed by atoms with Gasteiger partial charge in [-0.25, -0.2) is 4.99 Å². The first-order valence-corrected chi connectivity index (χ1v) is 10.2. The zero-order chi connectivity index (χ0) is 19.4. The molecule has 5 nitrogen and oxygen atoms in total. The van der Waals surface area contributed by atoms with Crippen molar-refractivity contribution in [1.29, 1.82) is 0 Å². The Morgan fingerprint density at radius 2 is 2.00 bits per heavy atom. The summed E-state index contributed by atoms with van der Waals surface area (Å²) >= 11 is 0. The maximum Gasteiger partial charge on any atom is 0.192 e. The molecule has 2 aliphatic carbocycles. The summed E-state index contributed by atoms with van der Waals surface area (Å²) in [6.45, 7) is 0.861. The quantitative estimate of drug-likeness (QED) is 0.873. The molecule has 1 aliphatic heterocycles. The Balaban J connectivity index is 1.63. The topological polar surface area (TPSA) is 63.7 Å². The van der Waals surface area contributed by atoms with Crippen molar-refractivity contribution in [2.45, 2.75) is 43.7 Å². The molecule has 0 radical (unpaired) electrons. The molecule has 1 fully saturated rings. The molecular weight excluding hydrogens is 348 g/mol. The molecule has 1 aromatic carbocycles. The van der Waals surface area contributed by atoms with Gasteiger partial charge in [0.1, 0.15) is 5.54 Å². The van der Waals surface area contributed by atoms with E-state index >= 15 is 0 Å². The lowest BCUT2D eigenvalue weighted by atomic mass is 9.61. The first-order chi connectivity index (χ1) is 13.6. The maximum atomic E-state index is 6.32. The third-order valence-corrected chi connectivity index (χ3v) is 7.34. The Morgan fingerprint density at radius 1 is 1.18 bits per heavy atom. The van der Waals surface area contributed by atoms with Crippen molar-refractivity contribution in [3.63, 3.8) is 0 Å². The maximum absolute atomic E-state index is 6.32. The zero-order valence-corrected chi connectivity index (χ0v) is 16.7. The minimum Gasteiger partial charge on any atom is -0.381 e. The highest BCUT2D eigenvalue weighted by molar-refractivity contribution is 5.81. The number of rotatable bonds is 2. The van der Waals surface area contributed by atoms with Gasteiger partial charge >= 0.3 is 0 Å². The summed E-state index contributed by atoms with van der Waals surface area (Å²) in [4.78, 5) is 11.6. The number of nitrogens with zero attached hydrogens (tertiary/aromatic N) is 3. The summed E-state index contributed by atoms with van der Waals surface area (Å²) in [7, 11) is 3.90. The zero-order valence-electron chi connectivity index (χ0n) is 16.7. The third kappa shape index (κ3) is 2.42. The number of hydrogen-bond acceptors (Lipinski definition) is 5. The summed E-state index contributed by atoms with van der Waals surface area (Å²) in [6.07, 6.45) is 9.66. The molecule has 1 aromatic heterocycles. The average Bonchev–Trinajstić information content (AvgIpc) is 3.17. The number of guanidine groups is 1. The largest absolute Gasteiger partial charge is 0.381 e. The van der Waals surface area contributed by atoms with Crippen LogP contribution in [0.2, 0.25) is 0 Å². The predicted octanol–water partition coefficient (Wildman–Crippen LogP) is 3.34. The summed E-state index contributed by atoms with van der Waals surface area (Å²) < 4.78 is 5.66. The van der Waals surface area contributed by atoms with Gasteiger partial charge < -0.3 is 15.4 Å². The number of aromatic nitrogens is 1. The molecule has 0 amide bonds. The van der Waals surface area contributed by atoms with Crippen molar-refractivity contribution in [1.82, 2.24) is 9.88 Å². The predicted molar refractivity (Wildman–Crippen MR) is 111 cm³/mol. The van der Waals surface area contributed by atoms with Gasteiger partial charge in [-0.1, -0.05) is 18.2 Å². The lowest BCUT2D eigenvalue weighted by Crippen LogP contribution is -2.47. The van der Waals surface area contributed by atoms with Crippen LogP contribution in [0.5, 0.6) is 0 Å². The van der Waals surface area contributed by atoms with E-state index in [9.17, 15) is 0 Å². The molecule has 2 heterocycles. The van der Waals surface area contributed by atoms with Gasteiger partial charge in [-0.3, -0.25) is 4.98 Å². The van der Waals surface area contributed by atoms with Crippen LogP contribution in [0.15, 0.2) is 47.7 Å². The Hall–Kier alpha value is -2.40. The third-order valence-electron chi connectivity index (χ3n) is 7.34. The van der Waals surface area contributed by atoms with Crippen molar-refractivity contribution in [2.75, 3.05) is 20.7 Å². The van der Waals surface area contributed by atoms with Gasteiger partial charge in [0.15, 0.2) is 5.96 Å². The molecule has 1 saturated carbocycles. The highest BCUT2D eigenvalue weighted by atomic mass is 16.5. The Kier molecular flexibility index (Phi) is 3.98. The fraction of sp³-hybridized carbons (Fsp3) is 0.478. The minimum atomic E-state index is -0.252. The average molecular weight is 377 g/mol. The number of ether oxygens (including phenoxy) is 1. The van der Waals surface area contributed by atoms with E-state index in [4.69, 9.17) is 15.5 Å². The molecule has 0 saturated heterocycles. The van der Waals surface area contributed by atoms with Crippen LogP contribution < -0.4 is 5.73 Å². The lowest BCUT2D eigenvalue weighted by molar-refractivity contribution is -0.00331. The van der Waals surface area contributed by atoms with Gasteiger partial charge in [0.25, 0.3) is 0 Å². The van der Waals surface area contributed by atoms with Crippen LogP contribution in [0.25, 0.3) is 11.1 Å². The Bertz CT molecular complexity index is 917. The van der Waals surface area contributed by atoms with E-state index in [-0.39, 0.29) is 11.0 Å². The van der Waals surface area contributed by atoms with E-state index in [1.807, 2.05) is 25.6 Å². The monoisotopic (exact) mass is 376 g/mol. The molecule has 3 aliphatic rings. The first kappa shape index (κ1) is 17.7. The summed E-state index contributed by atoms with van der Waals surface area (Å²) in [5.74, 6) is 0.660. The van der Waals surface area contributed by atoms with Crippen LogP contribution in [0.3, 0.4) is 0 Å². The molecule has 1 atom stereocenters. The van der Waals surface area contributed by atoms with Gasteiger partial charge in [0.05, 0.1) is 12.6 Å². The van der Waals surface area contributed by atoms with Crippen LogP contribution in [0, 0.1) is 5.41 Å². The molecule has 2 spiro atoms. The van der Waals surface area contributed by atoms with Crippen LogP contribution in [-0.2, 0) is 16.7 Å². The van der Waals surface area contributed by atoms with E-state index in [1.165, 1.54) is 16.7 Å². The summed E-state index contributed by atoms with van der Waals surface area (Å²) in [5.41, 5.74) is 11.3. The van der Waals surface area contributed by atoms with Gasteiger partial charge in [-0.05, 0) is 66.5 Å². The van der Waals surface area contributed by atoms with Crippen molar-refractivity contribution in [2.24, 2.45) is 16.1 Å². The van der Waals surface area contributed by atoms with Gasteiger partial charge in [0.2, 0.25) is 0 Å². The van der Waals surface area contributed by atoms with E-state index in [0.29, 0.717) is 12.1 Å². The first-order valence-electron chi connectivity index (χ1n) is 10.2. The number of pyridine rings is 1. The van der Waals surface area contributed by atoms with Crippen LogP contribution in [-0.4, -0.2) is 42.6 Å². The van der Waals surface area contributed by atoms with Crippen molar-refractivity contribution in [3.8, 4) is 11.1 Å². The van der Waals surface area contributed by atoms with Gasteiger partial charge in [-0.15, -0.1) is 0 Å². The van der Waals surface area contributed by atoms with E-state index in [1.54, 1.807) is 0 Å². The standard InChI is InChI=1S/C23H28N4O/c1-27-15-23(26-21(27)24)20-12-16(18-4-3-11-25-14-18)5-6-17(20)13-22(23)9-7-19(28-2)8-10-22/h3-6,11-12,14,19H,7-10,13,15H2,1-2H3,(H2,24,26). The molecule has 146 valence electrons. The lowest BCUT2D eigenvalue weighted by Gasteiger charge is -2.46. The molecule has 0 bridgehead atoms. The molecular formula is C23H28N4O. The highest BCUT2D eigenvalue weighted by Gasteiger charge is 2.61. The number of likely N-dealkylation sites (N-methyl/N-ethyl adjacent to an activating group) is 1. The second-order valence-corrected chi connectivity index (χ2v) is 8.69. The SMILES string of the molecule is COC1CCC2(CC1)Cc1ccc(-c3cccnc3)cc1C21CN(C)C(N)=N1. The number of benzene rings is 1. The van der Waals surface area contributed by atoms with Crippen molar-refractivity contribution < 1.29 is 4.74 Å². The van der Waals surface area contributed by atoms with Gasteiger partial charge in [0, 0.05) is 32.0 Å². The second kappa shape index (κ2) is 6.31. The van der Waals surface area contributed by atoms with Crippen molar-refractivity contribution in [3.05, 3.63) is 53.9 Å². The second-order valence-electron chi connectivity index (χ2n) is 8.69. The number of methoxy groups -OCH3 is 1. The molecule has 1 unspecified atom stereocenters. The number of fused-ring (bicyclic) bond motifs is 3. The molecule has 28 heavy (non-hydrogen) atoms. The smallest absolute Gasteiger partial charge is 0.192 e. The molecule has 5 heteroatoms. The number of aliphatic imine (C=N–C) groups is 1. The van der Waals surface area contributed by atoms with Crippen molar-refractivity contribution >= 4 is 5.96 Å². The summed E-state index contributed by atoms with van der Waals surface area (Å²) in [5, 5.41) is 0. The van der Waals surface area contributed by atoms with E-state index < -0.39 is 0 Å². The Morgan fingerprint density at radius 3 is 2.64 bits per heavy atom. The normalized spacial score (nSPS) is 31.4. The van der Waals surface area contributed by atoms with Crippen LogP contribution in [0.1, 0.15) is 36.8 Å². The van der Waals surface area contributed by atoms with E-state index in [0.717, 1.165) is 44.2 Å². The number of hydrogen-bond donors (Lipinski definition) is 1. The molecule has 2 N–H and O–H groups in total. The fourth-order valence-corrected chi connectivity index (χ4v) is 5.77. The molecule has 5 rings (SSSR count). The molecule has 2 aromatic rings. The fourth-order valence-electron chi connectivity index (χ4n) is 5.77. The highest BCUT2D eigenvalue weighted by Crippen LogP contribution is 2.61. The van der Waals surface area contributed by atoms with Crippen LogP contribution in [0.4, 0.5) is 0 Å². The Labute approximate surface area is 166 Å². The summed E-state index contributed by atoms with van der Waals surface area (Å²) in [6, 6.07) is 11.0. The van der Waals surface area contributed by atoms with Gasteiger partial charge in [-0.2, -0.15) is 0 Å².